The van der Waals surface area contributed by atoms with Crippen LogP contribution in [-0.2, 0) is 0 Å². The number of para-hydroxylation sites is 1. The van der Waals surface area contributed by atoms with Gasteiger partial charge in [-0.3, -0.25) is 9.36 Å². The molecule has 0 unspecified atom stereocenters. The van der Waals surface area contributed by atoms with Crippen molar-refractivity contribution in [3.8, 4) is 11.4 Å². The van der Waals surface area contributed by atoms with Gasteiger partial charge in [0.15, 0.2) is 0 Å². The Kier molecular flexibility index (Phi) is 6.55. The molecule has 2 aromatic carbocycles. The third-order valence-electron chi connectivity index (χ3n) is 4.07. The summed E-state index contributed by atoms with van der Waals surface area (Å²) in [5.41, 5.74) is 4.00. The first-order chi connectivity index (χ1) is 12.8. The summed E-state index contributed by atoms with van der Waals surface area (Å²) in [6.45, 7) is 5.66. The topological polar surface area (TPSA) is 68.5 Å². The average molecular weight is 365 g/mol. The van der Waals surface area contributed by atoms with Crippen molar-refractivity contribution in [1.82, 2.24) is 4.57 Å². The van der Waals surface area contributed by atoms with E-state index in [0.717, 1.165) is 22.4 Å². The number of benzene rings is 2. The molecule has 27 heavy (non-hydrogen) atoms. The van der Waals surface area contributed by atoms with Crippen LogP contribution in [0.15, 0.2) is 65.6 Å². The van der Waals surface area contributed by atoms with E-state index in [2.05, 4.69) is 0 Å². The average Bonchev–Trinajstić information content (AvgIpc) is 2.64. The van der Waals surface area contributed by atoms with E-state index in [1.807, 2.05) is 50.2 Å². The Morgan fingerprint density at radius 2 is 1.63 bits per heavy atom. The molecule has 0 saturated carbocycles. The van der Waals surface area contributed by atoms with E-state index in [4.69, 9.17) is 9.84 Å². The number of methoxy groups -OCH3 is 1. The molecule has 0 saturated heterocycles. The fourth-order valence-electron chi connectivity index (χ4n) is 2.68. The number of carboxylic acids is 1. The van der Waals surface area contributed by atoms with Gasteiger partial charge in [-0.25, -0.2) is 4.79 Å². The number of hydrogen-bond acceptors (Lipinski definition) is 3. The number of aryl methyl sites for hydroxylation is 3. The molecule has 3 rings (SSSR count). The maximum atomic E-state index is 11.8. The van der Waals surface area contributed by atoms with Gasteiger partial charge in [-0.05, 0) is 44.5 Å². The Morgan fingerprint density at radius 1 is 0.963 bits per heavy atom. The lowest BCUT2D eigenvalue weighted by Crippen LogP contribution is -2.17. The van der Waals surface area contributed by atoms with Gasteiger partial charge in [0, 0.05) is 23.5 Å². The molecule has 5 heteroatoms. The van der Waals surface area contributed by atoms with Crippen molar-refractivity contribution in [1.29, 1.82) is 0 Å². The molecule has 0 radical (unpaired) electrons. The van der Waals surface area contributed by atoms with Crippen LogP contribution in [0.1, 0.15) is 27.0 Å². The summed E-state index contributed by atoms with van der Waals surface area (Å²) in [6.07, 6.45) is 1.79. The molecule has 0 fully saturated rings. The number of rotatable bonds is 3. The predicted molar refractivity (Wildman–Crippen MR) is 106 cm³/mol. The monoisotopic (exact) mass is 365 g/mol. The van der Waals surface area contributed by atoms with Crippen molar-refractivity contribution in [2.75, 3.05) is 7.11 Å². The van der Waals surface area contributed by atoms with Crippen LogP contribution in [0.5, 0.6) is 5.75 Å². The van der Waals surface area contributed by atoms with Crippen molar-refractivity contribution >= 4 is 5.97 Å². The summed E-state index contributed by atoms with van der Waals surface area (Å²) < 4.78 is 6.71. The van der Waals surface area contributed by atoms with Crippen molar-refractivity contribution in [2.24, 2.45) is 0 Å². The smallest absolute Gasteiger partial charge is 0.335 e. The number of aromatic nitrogens is 1. The van der Waals surface area contributed by atoms with E-state index in [-0.39, 0.29) is 5.56 Å². The van der Waals surface area contributed by atoms with E-state index in [1.165, 1.54) is 6.07 Å². The molecule has 0 aliphatic heterocycles. The highest BCUT2D eigenvalue weighted by Crippen LogP contribution is 2.15. The number of ether oxygens (including phenoxy) is 1. The predicted octanol–water partition coefficient (Wildman–Crippen LogP) is 4.16. The van der Waals surface area contributed by atoms with Gasteiger partial charge in [-0.1, -0.05) is 35.9 Å². The van der Waals surface area contributed by atoms with Crippen LogP contribution in [0.2, 0.25) is 0 Å². The molecular weight excluding hydrogens is 342 g/mol. The van der Waals surface area contributed by atoms with Crippen molar-refractivity contribution in [3.05, 3.63) is 93.4 Å². The van der Waals surface area contributed by atoms with Crippen LogP contribution in [0.3, 0.4) is 0 Å². The van der Waals surface area contributed by atoms with E-state index >= 15 is 0 Å². The lowest BCUT2D eigenvalue weighted by molar-refractivity contribution is 0.0696. The highest BCUT2D eigenvalue weighted by atomic mass is 16.5. The van der Waals surface area contributed by atoms with Crippen molar-refractivity contribution < 1.29 is 14.6 Å². The second-order valence-corrected chi connectivity index (χ2v) is 6.19. The van der Waals surface area contributed by atoms with Crippen LogP contribution in [-0.4, -0.2) is 22.8 Å². The summed E-state index contributed by atoms with van der Waals surface area (Å²) in [4.78, 5) is 22.4. The summed E-state index contributed by atoms with van der Waals surface area (Å²) in [5.74, 6) is -0.236. The van der Waals surface area contributed by atoms with E-state index < -0.39 is 5.97 Å². The molecular formula is C22H23NO4. The zero-order chi connectivity index (χ0) is 20.0. The molecule has 0 spiro atoms. The molecule has 0 amide bonds. The summed E-state index contributed by atoms with van der Waals surface area (Å²) in [7, 11) is 1.56. The van der Waals surface area contributed by atoms with Gasteiger partial charge < -0.3 is 9.84 Å². The second-order valence-electron chi connectivity index (χ2n) is 6.19. The zero-order valence-corrected chi connectivity index (χ0v) is 15.9. The van der Waals surface area contributed by atoms with Gasteiger partial charge in [-0.2, -0.15) is 0 Å². The Labute approximate surface area is 158 Å². The molecule has 0 bridgehead atoms. The number of hydrogen-bond donors (Lipinski definition) is 1. The number of carboxylic acid groups (broad SMARTS) is 1. The molecule has 1 N–H and O–H groups in total. The first-order valence-corrected chi connectivity index (χ1v) is 8.46. The second kappa shape index (κ2) is 8.85. The largest absolute Gasteiger partial charge is 0.496 e. The standard InChI is InChI=1S/C13H13NO2.C9H10O2/c1-10-9-14(11-6-4-3-5-7-11)13(15)8-12(10)16-2;1-6-3-4-8(9(10)11)7(2)5-6/h3-9H,1-2H3;3-5H,1-2H3,(H,10,11). The number of pyridine rings is 1. The van der Waals surface area contributed by atoms with Gasteiger partial charge in [0.05, 0.1) is 12.7 Å². The molecule has 0 aliphatic rings. The molecule has 1 aromatic heterocycles. The first kappa shape index (κ1) is 20.0. The van der Waals surface area contributed by atoms with Crippen molar-refractivity contribution in [3.63, 3.8) is 0 Å². The fourth-order valence-corrected chi connectivity index (χ4v) is 2.68. The minimum Gasteiger partial charge on any atom is -0.496 e. The molecule has 0 atom stereocenters. The number of aromatic carboxylic acids is 1. The third kappa shape index (κ3) is 5.07. The Bertz CT molecular complexity index is 991. The SMILES string of the molecule is COc1cc(=O)n(-c2ccccc2)cc1C.Cc1ccc(C(=O)O)c(C)c1. The molecule has 3 aromatic rings. The number of nitrogens with zero attached hydrogens (tertiary/aromatic N) is 1. The minimum atomic E-state index is -0.859. The van der Waals surface area contributed by atoms with Gasteiger partial charge in [-0.15, -0.1) is 0 Å². The summed E-state index contributed by atoms with van der Waals surface area (Å²) >= 11 is 0. The number of carbonyl (C=O) groups is 1. The quantitative estimate of drug-likeness (QED) is 0.757. The Hall–Kier alpha value is -3.34. The van der Waals surface area contributed by atoms with Gasteiger partial charge >= 0.3 is 5.97 Å². The van der Waals surface area contributed by atoms with Crippen LogP contribution in [0.4, 0.5) is 0 Å². The zero-order valence-electron chi connectivity index (χ0n) is 15.9. The molecule has 5 nitrogen and oxygen atoms in total. The Balaban J connectivity index is 0.000000208. The molecule has 140 valence electrons. The summed E-state index contributed by atoms with van der Waals surface area (Å²) in [6, 6.07) is 16.3. The van der Waals surface area contributed by atoms with E-state index in [9.17, 15) is 9.59 Å². The Morgan fingerprint density at radius 3 is 2.19 bits per heavy atom. The van der Waals surface area contributed by atoms with Gasteiger partial charge in [0.2, 0.25) is 0 Å². The van der Waals surface area contributed by atoms with Crippen LogP contribution in [0.25, 0.3) is 5.69 Å². The summed E-state index contributed by atoms with van der Waals surface area (Å²) in [5, 5.41) is 8.66. The first-order valence-electron chi connectivity index (χ1n) is 8.46. The maximum absolute atomic E-state index is 11.8. The highest BCUT2D eigenvalue weighted by molar-refractivity contribution is 5.89. The van der Waals surface area contributed by atoms with Crippen LogP contribution in [0, 0.1) is 20.8 Å². The molecule has 1 heterocycles. The minimum absolute atomic E-state index is 0.0892. The van der Waals surface area contributed by atoms with Crippen LogP contribution < -0.4 is 10.3 Å². The fraction of sp³-hybridized carbons (Fsp3) is 0.182. The highest BCUT2D eigenvalue weighted by Gasteiger charge is 2.05. The van der Waals surface area contributed by atoms with E-state index in [1.54, 1.807) is 36.9 Å². The van der Waals surface area contributed by atoms with Gasteiger partial charge in [0.25, 0.3) is 5.56 Å². The third-order valence-corrected chi connectivity index (χ3v) is 4.07. The van der Waals surface area contributed by atoms with Crippen LogP contribution >= 0.6 is 0 Å². The normalized spacial score (nSPS) is 9.93. The lowest BCUT2D eigenvalue weighted by Gasteiger charge is -2.09. The van der Waals surface area contributed by atoms with Gasteiger partial charge in [0.1, 0.15) is 5.75 Å². The maximum Gasteiger partial charge on any atom is 0.335 e. The van der Waals surface area contributed by atoms with Crippen molar-refractivity contribution in [2.45, 2.75) is 20.8 Å². The van der Waals surface area contributed by atoms with E-state index in [0.29, 0.717) is 11.3 Å². The lowest BCUT2D eigenvalue weighted by atomic mass is 10.1. The molecule has 0 aliphatic carbocycles.